The first-order chi connectivity index (χ1) is 8.67. The molecule has 0 spiro atoms. The Morgan fingerprint density at radius 1 is 1.33 bits per heavy atom. The fourth-order valence-corrected chi connectivity index (χ4v) is 1.60. The van der Waals surface area contributed by atoms with Crippen LogP contribution in [0.5, 0.6) is 5.75 Å². The summed E-state index contributed by atoms with van der Waals surface area (Å²) < 4.78 is 9.70. The molecule has 0 aromatic heterocycles. The summed E-state index contributed by atoms with van der Waals surface area (Å²) in [7, 11) is 2.99. The van der Waals surface area contributed by atoms with Gasteiger partial charge in [0, 0.05) is 13.7 Å². The van der Waals surface area contributed by atoms with Crippen molar-refractivity contribution in [3.63, 3.8) is 0 Å². The average Bonchev–Trinajstić information content (AvgIpc) is 2.38. The first-order valence-electron chi connectivity index (χ1n) is 5.75. The first kappa shape index (κ1) is 14.5. The van der Waals surface area contributed by atoms with Crippen LogP contribution in [0.4, 0.5) is 0 Å². The van der Waals surface area contributed by atoms with Crippen LogP contribution in [-0.4, -0.2) is 38.4 Å². The van der Waals surface area contributed by atoms with Crippen molar-refractivity contribution in [2.24, 2.45) is 0 Å². The maximum Gasteiger partial charge on any atom is 0.306 e. The fourth-order valence-electron chi connectivity index (χ4n) is 1.60. The van der Waals surface area contributed by atoms with Crippen LogP contribution >= 0.6 is 0 Å². The van der Waals surface area contributed by atoms with E-state index in [2.05, 4.69) is 10.1 Å². The van der Waals surface area contributed by atoms with E-state index in [9.17, 15) is 9.90 Å². The Kier molecular flexibility index (Phi) is 6.18. The number of esters is 1. The van der Waals surface area contributed by atoms with Gasteiger partial charge < -0.3 is 19.9 Å². The zero-order chi connectivity index (χ0) is 13.4. The third kappa shape index (κ3) is 4.73. The molecule has 18 heavy (non-hydrogen) atoms. The summed E-state index contributed by atoms with van der Waals surface area (Å²) in [6.07, 6.45) is 0.314. The van der Waals surface area contributed by atoms with E-state index in [4.69, 9.17) is 4.74 Å². The lowest BCUT2D eigenvalue weighted by Gasteiger charge is -2.18. The Labute approximate surface area is 107 Å². The fraction of sp³-hybridized carbons (Fsp3) is 0.462. The van der Waals surface area contributed by atoms with Gasteiger partial charge in [-0.25, -0.2) is 0 Å². The van der Waals surface area contributed by atoms with E-state index in [-0.39, 0.29) is 17.8 Å². The number of hydrogen-bond donors (Lipinski definition) is 2. The van der Waals surface area contributed by atoms with Crippen LogP contribution in [0.3, 0.4) is 0 Å². The smallest absolute Gasteiger partial charge is 0.306 e. The van der Waals surface area contributed by atoms with Gasteiger partial charge in [-0.2, -0.15) is 0 Å². The highest BCUT2D eigenvalue weighted by atomic mass is 16.5. The van der Waals surface area contributed by atoms with E-state index < -0.39 is 0 Å². The number of carbonyl (C=O) groups excluding carboxylic acids is 1. The molecule has 1 rings (SSSR count). The van der Waals surface area contributed by atoms with E-state index in [0.717, 1.165) is 5.56 Å². The number of carbonyl (C=O) groups is 1. The van der Waals surface area contributed by atoms with Gasteiger partial charge in [0.15, 0.2) is 0 Å². The molecule has 0 saturated heterocycles. The van der Waals surface area contributed by atoms with Crippen molar-refractivity contribution in [2.75, 3.05) is 27.4 Å². The minimum atomic E-state index is -0.246. The number of nitrogens with one attached hydrogen (secondary N) is 1. The molecule has 0 aliphatic heterocycles. The first-order valence-corrected chi connectivity index (χ1v) is 5.75. The number of aromatic hydroxyl groups is 1. The molecule has 1 aromatic rings. The molecule has 5 nitrogen and oxygen atoms in total. The topological polar surface area (TPSA) is 67.8 Å². The van der Waals surface area contributed by atoms with E-state index in [0.29, 0.717) is 19.6 Å². The van der Waals surface area contributed by atoms with Gasteiger partial charge in [0.05, 0.1) is 26.2 Å². The van der Waals surface area contributed by atoms with Crippen LogP contribution in [0, 0.1) is 0 Å². The SMILES string of the molecule is COCC(NCCC(=O)OC)c1ccc(O)cc1. The molecule has 0 bridgehead atoms. The summed E-state index contributed by atoms with van der Waals surface area (Å²) in [4.78, 5) is 11.0. The molecular formula is C13H19NO4. The van der Waals surface area contributed by atoms with Crippen molar-refractivity contribution in [1.29, 1.82) is 0 Å². The predicted octanol–water partition coefficient (Wildman–Crippen LogP) is 1.23. The lowest BCUT2D eigenvalue weighted by atomic mass is 10.1. The third-order valence-corrected chi connectivity index (χ3v) is 2.58. The average molecular weight is 253 g/mol. The van der Waals surface area contributed by atoms with Crippen LogP contribution in [0.25, 0.3) is 0 Å². The van der Waals surface area contributed by atoms with Crippen LogP contribution in [0.1, 0.15) is 18.0 Å². The standard InChI is InChI=1S/C13H19NO4/c1-17-9-12(14-8-7-13(16)18-2)10-3-5-11(15)6-4-10/h3-6,12,14-15H,7-9H2,1-2H3. The summed E-state index contributed by atoms with van der Waals surface area (Å²) in [5.41, 5.74) is 1.000. The second-order valence-corrected chi connectivity index (χ2v) is 3.88. The van der Waals surface area contributed by atoms with Gasteiger partial charge in [0.25, 0.3) is 0 Å². The summed E-state index contributed by atoms with van der Waals surface area (Å²) >= 11 is 0. The molecule has 0 fully saturated rings. The summed E-state index contributed by atoms with van der Waals surface area (Å²) in [5, 5.41) is 12.5. The Bertz CT molecular complexity index is 364. The molecule has 0 aliphatic rings. The van der Waals surface area contributed by atoms with Crippen LogP contribution < -0.4 is 5.32 Å². The van der Waals surface area contributed by atoms with Gasteiger partial charge in [-0.15, -0.1) is 0 Å². The normalized spacial score (nSPS) is 12.1. The van der Waals surface area contributed by atoms with Gasteiger partial charge in [0.2, 0.25) is 0 Å². The summed E-state index contributed by atoms with van der Waals surface area (Å²) in [5.74, 6) is -0.0196. The molecule has 1 aromatic carbocycles. The minimum Gasteiger partial charge on any atom is -0.508 e. The molecule has 1 unspecified atom stereocenters. The van der Waals surface area contributed by atoms with Crippen LogP contribution in [-0.2, 0) is 14.3 Å². The summed E-state index contributed by atoms with van der Waals surface area (Å²) in [6, 6.07) is 6.88. The van der Waals surface area contributed by atoms with Crippen LogP contribution in [0.15, 0.2) is 24.3 Å². The molecule has 0 heterocycles. The quantitative estimate of drug-likeness (QED) is 0.715. The van der Waals surface area contributed by atoms with E-state index in [1.807, 2.05) is 12.1 Å². The van der Waals surface area contributed by atoms with Crippen molar-refractivity contribution in [2.45, 2.75) is 12.5 Å². The van der Waals surface area contributed by atoms with Gasteiger partial charge in [-0.05, 0) is 17.7 Å². The van der Waals surface area contributed by atoms with Gasteiger partial charge in [-0.3, -0.25) is 4.79 Å². The molecule has 0 aliphatic carbocycles. The molecular weight excluding hydrogens is 234 g/mol. The number of rotatable bonds is 7. The number of phenols is 1. The Morgan fingerprint density at radius 3 is 2.56 bits per heavy atom. The zero-order valence-electron chi connectivity index (χ0n) is 10.7. The van der Waals surface area contributed by atoms with E-state index in [1.54, 1.807) is 19.2 Å². The molecule has 0 saturated carbocycles. The van der Waals surface area contributed by atoms with Gasteiger partial charge in [0.1, 0.15) is 5.75 Å². The van der Waals surface area contributed by atoms with Gasteiger partial charge in [-0.1, -0.05) is 12.1 Å². The largest absolute Gasteiger partial charge is 0.508 e. The number of hydrogen-bond acceptors (Lipinski definition) is 5. The lowest BCUT2D eigenvalue weighted by molar-refractivity contribution is -0.140. The van der Waals surface area contributed by atoms with Crippen molar-refractivity contribution in [3.8, 4) is 5.75 Å². The van der Waals surface area contributed by atoms with Crippen molar-refractivity contribution in [3.05, 3.63) is 29.8 Å². The summed E-state index contributed by atoms with van der Waals surface area (Å²) in [6.45, 7) is 1.01. The number of methoxy groups -OCH3 is 2. The monoisotopic (exact) mass is 253 g/mol. The van der Waals surface area contributed by atoms with Crippen molar-refractivity contribution < 1.29 is 19.4 Å². The highest BCUT2D eigenvalue weighted by Crippen LogP contribution is 2.17. The second-order valence-electron chi connectivity index (χ2n) is 3.88. The van der Waals surface area contributed by atoms with E-state index in [1.165, 1.54) is 7.11 Å². The molecule has 5 heteroatoms. The highest BCUT2D eigenvalue weighted by molar-refractivity contribution is 5.69. The number of phenolic OH excluding ortho intramolecular Hbond substituents is 1. The third-order valence-electron chi connectivity index (χ3n) is 2.58. The Balaban J connectivity index is 2.54. The van der Waals surface area contributed by atoms with Crippen molar-refractivity contribution in [1.82, 2.24) is 5.32 Å². The molecule has 0 radical (unpaired) electrons. The van der Waals surface area contributed by atoms with Crippen LogP contribution in [0.2, 0.25) is 0 Å². The zero-order valence-corrected chi connectivity index (χ0v) is 10.7. The molecule has 0 amide bonds. The number of ether oxygens (including phenoxy) is 2. The molecule has 1 atom stereocenters. The molecule has 100 valence electrons. The Morgan fingerprint density at radius 2 is 2.00 bits per heavy atom. The predicted molar refractivity (Wildman–Crippen MR) is 67.4 cm³/mol. The highest BCUT2D eigenvalue weighted by Gasteiger charge is 2.11. The van der Waals surface area contributed by atoms with Gasteiger partial charge >= 0.3 is 5.97 Å². The lowest BCUT2D eigenvalue weighted by Crippen LogP contribution is -2.27. The molecule has 2 N–H and O–H groups in total. The maximum absolute atomic E-state index is 11.0. The van der Waals surface area contributed by atoms with E-state index >= 15 is 0 Å². The second kappa shape index (κ2) is 7.68. The number of benzene rings is 1. The Hall–Kier alpha value is -1.59. The van der Waals surface area contributed by atoms with Crippen molar-refractivity contribution >= 4 is 5.97 Å². The minimum absolute atomic E-state index is 0.0137. The maximum atomic E-state index is 11.0.